The molecule has 2 aliphatic heterocycles. The number of amides is 2. The van der Waals surface area contributed by atoms with Crippen molar-refractivity contribution in [3.8, 4) is 0 Å². The van der Waals surface area contributed by atoms with Crippen LogP contribution < -0.4 is 10.2 Å². The molecule has 2 aliphatic rings. The summed E-state index contributed by atoms with van der Waals surface area (Å²) in [6.45, 7) is 2.59. The van der Waals surface area contributed by atoms with Gasteiger partial charge in [-0.2, -0.15) is 0 Å². The maximum absolute atomic E-state index is 13.4. The number of anilines is 1. The molecule has 0 bridgehead atoms. The number of halogens is 2. The Morgan fingerprint density at radius 1 is 1.19 bits per heavy atom. The average molecular weight is 365 g/mol. The Labute approximate surface area is 152 Å². The summed E-state index contributed by atoms with van der Waals surface area (Å²) in [5.74, 6) is -1.56. The predicted octanol–water partition coefficient (Wildman–Crippen LogP) is 2.17. The van der Waals surface area contributed by atoms with E-state index in [1.54, 1.807) is 0 Å². The van der Waals surface area contributed by atoms with Crippen molar-refractivity contribution >= 4 is 17.5 Å². The van der Waals surface area contributed by atoms with Crippen molar-refractivity contribution in [2.75, 3.05) is 38.1 Å². The Bertz CT molecular complexity index is 654. The number of rotatable bonds is 5. The van der Waals surface area contributed by atoms with Crippen LogP contribution in [-0.4, -0.2) is 49.9 Å². The van der Waals surface area contributed by atoms with Gasteiger partial charge in [0.1, 0.15) is 11.6 Å². The lowest BCUT2D eigenvalue weighted by Gasteiger charge is -2.33. The van der Waals surface area contributed by atoms with E-state index in [-0.39, 0.29) is 30.5 Å². The second kappa shape index (κ2) is 8.12. The van der Waals surface area contributed by atoms with Gasteiger partial charge >= 0.3 is 0 Å². The van der Waals surface area contributed by atoms with E-state index >= 15 is 0 Å². The van der Waals surface area contributed by atoms with E-state index in [2.05, 4.69) is 5.32 Å². The van der Waals surface area contributed by atoms with Gasteiger partial charge in [-0.3, -0.25) is 9.59 Å². The number of likely N-dealkylation sites (tertiary alicyclic amines) is 1. The van der Waals surface area contributed by atoms with Gasteiger partial charge in [0.2, 0.25) is 11.8 Å². The first-order valence-electron chi connectivity index (χ1n) is 9.17. The second-order valence-electron chi connectivity index (χ2n) is 7.19. The maximum Gasteiger partial charge on any atom is 0.228 e. The summed E-state index contributed by atoms with van der Waals surface area (Å²) < 4.78 is 26.8. The Kier molecular flexibility index (Phi) is 5.86. The van der Waals surface area contributed by atoms with Gasteiger partial charge in [-0.1, -0.05) is 0 Å². The first-order chi connectivity index (χ1) is 12.5. The number of nitrogens with zero attached hydrogens (tertiary/aromatic N) is 2. The molecule has 0 saturated carbocycles. The Hall–Kier alpha value is -2.02. The van der Waals surface area contributed by atoms with Gasteiger partial charge in [0, 0.05) is 37.8 Å². The van der Waals surface area contributed by atoms with Crippen LogP contribution in [0.5, 0.6) is 0 Å². The van der Waals surface area contributed by atoms with Gasteiger partial charge in [-0.25, -0.2) is 8.78 Å². The molecule has 1 N–H and O–H groups in total. The molecule has 5 nitrogen and oxygen atoms in total. The summed E-state index contributed by atoms with van der Waals surface area (Å²) in [5, 5.41) is 3.15. The molecular weight excluding hydrogens is 340 g/mol. The molecular formula is C19H25F2N3O2. The minimum atomic E-state index is -0.730. The van der Waals surface area contributed by atoms with E-state index in [0.29, 0.717) is 19.0 Å². The van der Waals surface area contributed by atoms with Crippen molar-refractivity contribution in [2.24, 2.45) is 11.8 Å². The molecule has 0 aromatic heterocycles. The second-order valence-corrected chi connectivity index (χ2v) is 7.19. The van der Waals surface area contributed by atoms with Crippen LogP contribution in [-0.2, 0) is 9.59 Å². The average Bonchev–Trinajstić information content (AvgIpc) is 3.01. The van der Waals surface area contributed by atoms with E-state index in [9.17, 15) is 18.4 Å². The SMILES string of the molecule is CNCCC1CCN(C(=O)C2CC(=O)N(c3cc(F)cc(F)c3)C2)CC1. The summed E-state index contributed by atoms with van der Waals surface area (Å²) in [6.07, 6.45) is 3.16. The zero-order valence-electron chi connectivity index (χ0n) is 15.0. The molecule has 26 heavy (non-hydrogen) atoms. The van der Waals surface area contributed by atoms with Crippen LogP contribution in [0.2, 0.25) is 0 Å². The monoisotopic (exact) mass is 365 g/mol. The van der Waals surface area contributed by atoms with Crippen molar-refractivity contribution in [1.82, 2.24) is 10.2 Å². The number of hydrogen-bond donors (Lipinski definition) is 1. The fraction of sp³-hybridized carbons (Fsp3) is 0.579. The van der Waals surface area contributed by atoms with E-state index in [1.165, 1.54) is 4.90 Å². The normalized spacial score (nSPS) is 21.5. The fourth-order valence-electron chi connectivity index (χ4n) is 3.87. The van der Waals surface area contributed by atoms with Crippen LogP contribution in [0, 0.1) is 23.5 Å². The van der Waals surface area contributed by atoms with E-state index in [1.807, 2.05) is 11.9 Å². The van der Waals surface area contributed by atoms with Crippen LogP contribution in [0.4, 0.5) is 14.5 Å². The number of carbonyl (C=O) groups excluding carboxylic acids is 2. The Balaban J connectivity index is 1.59. The zero-order valence-corrected chi connectivity index (χ0v) is 15.0. The third-order valence-electron chi connectivity index (χ3n) is 5.36. The first kappa shape index (κ1) is 18.8. The highest BCUT2D eigenvalue weighted by molar-refractivity contribution is 6.00. The highest BCUT2D eigenvalue weighted by Gasteiger charge is 2.38. The summed E-state index contributed by atoms with van der Waals surface area (Å²) in [7, 11) is 1.94. The molecule has 3 rings (SSSR count). The summed E-state index contributed by atoms with van der Waals surface area (Å²) >= 11 is 0. The molecule has 1 aromatic carbocycles. The molecule has 0 spiro atoms. The van der Waals surface area contributed by atoms with Gasteiger partial charge in [0.05, 0.1) is 5.92 Å². The fourth-order valence-corrected chi connectivity index (χ4v) is 3.87. The van der Waals surface area contributed by atoms with Crippen molar-refractivity contribution in [3.05, 3.63) is 29.8 Å². The first-order valence-corrected chi connectivity index (χ1v) is 9.17. The van der Waals surface area contributed by atoms with Gasteiger partial charge < -0.3 is 15.1 Å². The van der Waals surface area contributed by atoms with E-state index < -0.39 is 17.6 Å². The number of carbonyl (C=O) groups is 2. The van der Waals surface area contributed by atoms with Crippen LogP contribution in [0.15, 0.2) is 18.2 Å². The third kappa shape index (κ3) is 4.20. The lowest BCUT2D eigenvalue weighted by molar-refractivity contribution is -0.137. The summed E-state index contributed by atoms with van der Waals surface area (Å²) in [4.78, 5) is 28.2. The molecule has 1 aromatic rings. The number of piperidine rings is 1. The van der Waals surface area contributed by atoms with Gasteiger partial charge in [0.15, 0.2) is 0 Å². The number of benzene rings is 1. The van der Waals surface area contributed by atoms with Crippen molar-refractivity contribution < 1.29 is 18.4 Å². The maximum atomic E-state index is 13.4. The lowest BCUT2D eigenvalue weighted by atomic mass is 9.92. The molecule has 2 heterocycles. The molecule has 7 heteroatoms. The summed E-state index contributed by atoms with van der Waals surface area (Å²) in [5.41, 5.74) is 0.175. The van der Waals surface area contributed by atoms with Gasteiger partial charge in [-0.05, 0) is 50.9 Å². The van der Waals surface area contributed by atoms with Crippen LogP contribution in [0.25, 0.3) is 0 Å². The summed E-state index contributed by atoms with van der Waals surface area (Å²) in [6, 6.07) is 3.02. The number of hydrogen-bond acceptors (Lipinski definition) is 3. The Morgan fingerprint density at radius 3 is 2.46 bits per heavy atom. The highest BCUT2D eigenvalue weighted by Crippen LogP contribution is 2.29. The van der Waals surface area contributed by atoms with Gasteiger partial charge in [-0.15, -0.1) is 0 Å². The minimum absolute atomic E-state index is 0.0233. The van der Waals surface area contributed by atoms with E-state index in [0.717, 1.165) is 44.0 Å². The topological polar surface area (TPSA) is 52.7 Å². The van der Waals surface area contributed by atoms with Gasteiger partial charge in [0.25, 0.3) is 0 Å². The molecule has 2 amide bonds. The smallest absolute Gasteiger partial charge is 0.228 e. The van der Waals surface area contributed by atoms with Crippen molar-refractivity contribution in [2.45, 2.75) is 25.7 Å². The van der Waals surface area contributed by atoms with Crippen LogP contribution >= 0.6 is 0 Å². The molecule has 0 radical (unpaired) electrons. The number of nitrogens with one attached hydrogen (secondary N) is 1. The minimum Gasteiger partial charge on any atom is -0.342 e. The molecule has 2 saturated heterocycles. The Morgan fingerprint density at radius 2 is 1.85 bits per heavy atom. The standard InChI is InChI=1S/C19H25F2N3O2/c1-22-5-2-13-3-6-23(7-4-13)19(26)14-8-18(25)24(12-14)17-10-15(20)9-16(21)11-17/h9-11,13-14,22H,2-8,12H2,1H3. The predicted molar refractivity (Wildman–Crippen MR) is 94.7 cm³/mol. The zero-order chi connectivity index (χ0) is 18.7. The molecule has 2 fully saturated rings. The molecule has 1 unspecified atom stereocenters. The van der Waals surface area contributed by atoms with Crippen molar-refractivity contribution in [3.63, 3.8) is 0 Å². The molecule has 0 aliphatic carbocycles. The molecule has 1 atom stereocenters. The van der Waals surface area contributed by atoms with Crippen LogP contribution in [0.3, 0.4) is 0 Å². The highest BCUT2D eigenvalue weighted by atomic mass is 19.1. The lowest BCUT2D eigenvalue weighted by Crippen LogP contribution is -2.42. The molecule has 142 valence electrons. The quantitative estimate of drug-likeness (QED) is 0.870. The van der Waals surface area contributed by atoms with Crippen molar-refractivity contribution in [1.29, 1.82) is 0 Å². The van der Waals surface area contributed by atoms with Crippen LogP contribution in [0.1, 0.15) is 25.7 Å². The van der Waals surface area contributed by atoms with E-state index in [4.69, 9.17) is 0 Å². The largest absolute Gasteiger partial charge is 0.342 e. The third-order valence-corrected chi connectivity index (χ3v) is 5.36.